The van der Waals surface area contributed by atoms with Gasteiger partial charge in [0.25, 0.3) is 0 Å². The highest BCUT2D eigenvalue weighted by atomic mass is 32.1. The largest absolute Gasteiger partial charge is 0.365 e. The Morgan fingerprint density at radius 1 is 1.27 bits per heavy atom. The van der Waals surface area contributed by atoms with E-state index < -0.39 is 0 Å². The Hall–Kier alpha value is -1.39. The van der Waals surface area contributed by atoms with Crippen LogP contribution < -0.4 is 5.32 Å². The number of hydrogen-bond acceptors (Lipinski definition) is 4. The first-order valence-corrected chi connectivity index (χ1v) is 9.13. The molecule has 1 aliphatic rings. The van der Waals surface area contributed by atoms with Gasteiger partial charge in [0.1, 0.15) is 0 Å². The third kappa shape index (κ3) is 4.08. The number of rotatable bonds is 6. The first-order chi connectivity index (χ1) is 10.8. The molecule has 1 aromatic heterocycles. The minimum atomic E-state index is 0.702. The number of nitrogens with one attached hydrogen (secondary N) is 1. The second-order valence-corrected chi connectivity index (χ2v) is 6.90. The molecule has 1 N–H and O–H groups in total. The summed E-state index contributed by atoms with van der Waals surface area (Å²) in [5.41, 5.74) is 2.67. The first kappa shape index (κ1) is 15.5. The van der Waals surface area contributed by atoms with Gasteiger partial charge in [-0.15, -0.1) is 11.3 Å². The van der Waals surface area contributed by atoms with Crippen molar-refractivity contribution in [3.63, 3.8) is 0 Å². The maximum absolute atomic E-state index is 4.64. The Balaban J connectivity index is 1.58. The first-order valence-electron chi connectivity index (χ1n) is 8.25. The molecule has 3 nitrogen and oxygen atoms in total. The average Bonchev–Trinajstić information content (AvgIpc) is 3.03. The van der Waals surface area contributed by atoms with Crippen molar-refractivity contribution in [2.24, 2.45) is 0 Å². The van der Waals surface area contributed by atoms with Crippen molar-refractivity contribution in [3.05, 3.63) is 47.0 Å². The molecular weight excluding hydrogens is 290 g/mol. The highest BCUT2D eigenvalue weighted by Crippen LogP contribution is 2.24. The van der Waals surface area contributed by atoms with E-state index in [1.54, 1.807) is 11.3 Å². The summed E-state index contributed by atoms with van der Waals surface area (Å²) < 4.78 is 0. The molecule has 0 unspecified atom stereocenters. The summed E-state index contributed by atoms with van der Waals surface area (Å²) in [6.07, 6.45) is 6.46. The Bertz CT molecular complexity index is 567. The molecule has 0 amide bonds. The van der Waals surface area contributed by atoms with Gasteiger partial charge < -0.3 is 5.32 Å². The van der Waals surface area contributed by atoms with Gasteiger partial charge in [-0.05, 0) is 37.8 Å². The smallest absolute Gasteiger partial charge is 0.182 e. The molecule has 1 fully saturated rings. The van der Waals surface area contributed by atoms with E-state index in [4.69, 9.17) is 0 Å². The highest BCUT2D eigenvalue weighted by molar-refractivity contribution is 7.13. The van der Waals surface area contributed by atoms with Crippen LogP contribution >= 0.6 is 11.3 Å². The predicted octanol–water partition coefficient (Wildman–Crippen LogP) is 4.17. The number of thiazole rings is 1. The van der Waals surface area contributed by atoms with Crippen LogP contribution in [0.15, 0.2) is 35.7 Å². The van der Waals surface area contributed by atoms with Crippen molar-refractivity contribution in [2.45, 2.75) is 44.7 Å². The maximum Gasteiger partial charge on any atom is 0.182 e. The fourth-order valence-electron chi connectivity index (χ4n) is 3.28. The quantitative estimate of drug-likeness (QED) is 0.867. The van der Waals surface area contributed by atoms with Gasteiger partial charge in [0.2, 0.25) is 0 Å². The number of piperidine rings is 1. The van der Waals surface area contributed by atoms with Crippen molar-refractivity contribution in [1.82, 2.24) is 9.88 Å². The Morgan fingerprint density at radius 2 is 2.14 bits per heavy atom. The minimum absolute atomic E-state index is 0.702. The van der Waals surface area contributed by atoms with Gasteiger partial charge in [-0.3, -0.25) is 4.90 Å². The van der Waals surface area contributed by atoms with Crippen molar-refractivity contribution >= 4 is 16.5 Å². The summed E-state index contributed by atoms with van der Waals surface area (Å²) >= 11 is 1.70. The lowest BCUT2D eigenvalue weighted by atomic mass is 9.95. The molecule has 0 radical (unpaired) electrons. The van der Waals surface area contributed by atoms with Gasteiger partial charge in [0.15, 0.2) is 5.13 Å². The zero-order valence-electron chi connectivity index (χ0n) is 13.3. The van der Waals surface area contributed by atoms with Gasteiger partial charge >= 0.3 is 0 Å². The predicted molar refractivity (Wildman–Crippen MR) is 94.5 cm³/mol. The van der Waals surface area contributed by atoms with Crippen molar-refractivity contribution in [2.75, 3.05) is 18.9 Å². The average molecular weight is 315 g/mol. The van der Waals surface area contributed by atoms with Gasteiger partial charge in [0.05, 0.1) is 5.69 Å². The van der Waals surface area contributed by atoms with Crippen LogP contribution in [-0.2, 0) is 13.0 Å². The minimum Gasteiger partial charge on any atom is -0.365 e. The molecule has 0 saturated carbocycles. The van der Waals surface area contributed by atoms with E-state index >= 15 is 0 Å². The highest BCUT2D eigenvalue weighted by Gasteiger charge is 2.22. The normalized spacial score (nSPS) is 19.2. The number of benzene rings is 1. The molecule has 2 heterocycles. The van der Waals surface area contributed by atoms with E-state index in [1.165, 1.54) is 49.9 Å². The molecule has 118 valence electrons. The van der Waals surface area contributed by atoms with E-state index in [-0.39, 0.29) is 0 Å². The lowest BCUT2D eigenvalue weighted by molar-refractivity contribution is 0.131. The number of anilines is 1. The third-order valence-electron chi connectivity index (χ3n) is 4.49. The molecule has 0 spiro atoms. The molecule has 0 aliphatic carbocycles. The Morgan fingerprint density at radius 3 is 2.91 bits per heavy atom. The molecule has 1 aliphatic heterocycles. The number of likely N-dealkylation sites (tertiary alicyclic amines) is 1. The third-order valence-corrected chi connectivity index (χ3v) is 5.40. The second kappa shape index (κ2) is 7.75. The van der Waals surface area contributed by atoms with E-state index in [1.807, 2.05) is 7.05 Å². The number of hydrogen-bond donors (Lipinski definition) is 1. The SMILES string of the molecule is CNc1nc(CN2CCCC[C@@H]2CCc2ccccc2)cs1. The van der Waals surface area contributed by atoms with Crippen LogP contribution in [-0.4, -0.2) is 29.5 Å². The van der Waals surface area contributed by atoms with Crippen LogP contribution in [0.5, 0.6) is 0 Å². The molecular formula is C18H25N3S. The molecule has 1 aromatic carbocycles. The van der Waals surface area contributed by atoms with Gasteiger partial charge in [-0.1, -0.05) is 36.8 Å². The second-order valence-electron chi connectivity index (χ2n) is 6.04. The molecule has 3 rings (SSSR count). The summed E-state index contributed by atoms with van der Waals surface area (Å²) in [7, 11) is 1.94. The molecule has 22 heavy (non-hydrogen) atoms. The topological polar surface area (TPSA) is 28.2 Å². The van der Waals surface area contributed by atoms with Crippen LogP contribution in [0.4, 0.5) is 5.13 Å². The van der Waals surface area contributed by atoms with Crippen molar-refractivity contribution in [3.8, 4) is 0 Å². The van der Waals surface area contributed by atoms with Crippen molar-refractivity contribution < 1.29 is 0 Å². The molecule has 4 heteroatoms. The van der Waals surface area contributed by atoms with Crippen molar-refractivity contribution in [1.29, 1.82) is 0 Å². The van der Waals surface area contributed by atoms with E-state index in [0.717, 1.165) is 11.7 Å². The van der Waals surface area contributed by atoms with Crippen LogP contribution in [0, 0.1) is 0 Å². The fourth-order valence-corrected chi connectivity index (χ4v) is 3.94. The fraction of sp³-hybridized carbons (Fsp3) is 0.500. The van der Waals surface area contributed by atoms with Crippen LogP contribution in [0.2, 0.25) is 0 Å². The zero-order valence-corrected chi connectivity index (χ0v) is 14.1. The van der Waals surface area contributed by atoms with Crippen LogP contribution in [0.25, 0.3) is 0 Å². The van der Waals surface area contributed by atoms with Gasteiger partial charge in [0, 0.05) is 25.0 Å². The summed E-state index contributed by atoms with van der Waals surface area (Å²) in [6.45, 7) is 2.21. The summed E-state index contributed by atoms with van der Waals surface area (Å²) in [4.78, 5) is 7.28. The number of aryl methyl sites for hydroxylation is 1. The molecule has 0 bridgehead atoms. The maximum atomic E-state index is 4.64. The Labute approximate surface area is 137 Å². The van der Waals surface area contributed by atoms with Gasteiger partial charge in [-0.2, -0.15) is 0 Å². The monoisotopic (exact) mass is 315 g/mol. The summed E-state index contributed by atoms with van der Waals surface area (Å²) in [5.74, 6) is 0. The number of aromatic nitrogens is 1. The lowest BCUT2D eigenvalue weighted by Crippen LogP contribution is -2.39. The van der Waals surface area contributed by atoms with Gasteiger partial charge in [-0.25, -0.2) is 4.98 Å². The Kier molecular flexibility index (Phi) is 5.46. The standard InChI is InChI=1S/C18H25N3S/c1-19-18-20-16(14-22-18)13-21-12-6-5-9-17(21)11-10-15-7-3-2-4-8-15/h2-4,7-8,14,17H,5-6,9-13H2,1H3,(H,19,20)/t17-/m1/s1. The lowest BCUT2D eigenvalue weighted by Gasteiger charge is -2.35. The number of nitrogens with zero attached hydrogens (tertiary/aromatic N) is 2. The van der Waals surface area contributed by atoms with E-state index in [0.29, 0.717) is 6.04 Å². The zero-order chi connectivity index (χ0) is 15.2. The van der Waals surface area contributed by atoms with Crippen LogP contribution in [0.3, 0.4) is 0 Å². The molecule has 1 atom stereocenters. The van der Waals surface area contributed by atoms with Crippen LogP contribution in [0.1, 0.15) is 36.9 Å². The van der Waals surface area contributed by atoms with E-state index in [9.17, 15) is 0 Å². The molecule has 2 aromatic rings. The summed E-state index contributed by atoms with van der Waals surface area (Å²) in [6, 6.07) is 11.6. The van der Waals surface area contributed by atoms with E-state index in [2.05, 4.69) is 50.9 Å². The summed E-state index contributed by atoms with van der Waals surface area (Å²) in [5, 5.41) is 6.34. The molecule has 1 saturated heterocycles.